The van der Waals surface area contributed by atoms with Gasteiger partial charge in [-0.3, -0.25) is 19.9 Å². The highest BCUT2D eigenvalue weighted by atomic mass is 31.2. The van der Waals surface area contributed by atoms with E-state index in [2.05, 4.69) is 5.32 Å². The van der Waals surface area contributed by atoms with E-state index in [1.54, 1.807) is 0 Å². The summed E-state index contributed by atoms with van der Waals surface area (Å²) in [5.74, 6) is -3.06. The molecular formula is C8H17N2O6P. The summed E-state index contributed by atoms with van der Waals surface area (Å²) in [6.07, 6.45) is 0. The van der Waals surface area contributed by atoms with Crippen LogP contribution in [0.4, 0.5) is 0 Å². The van der Waals surface area contributed by atoms with E-state index in [9.17, 15) is 19.4 Å². The Morgan fingerprint density at radius 1 is 1.41 bits per heavy atom. The normalized spacial score (nSPS) is 17.9. The van der Waals surface area contributed by atoms with E-state index in [4.69, 9.17) is 10.00 Å². The van der Waals surface area contributed by atoms with Gasteiger partial charge in [0.05, 0.1) is 12.3 Å². The molecule has 0 aromatic heterocycles. The molecule has 9 heteroatoms. The minimum absolute atomic E-state index is 0.0695. The molecule has 0 bridgehead atoms. The second-order valence-electron chi connectivity index (χ2n) is 3.75. The average molecular weight is 268 g/mol. The summed E-state index contributed by atoms with van der Waals surface area (Å²) < 4.78 is 11.2. The molecule has 0 aromatic rings. The molecule has 0 heterocycles. The SMILES string of the molecule is CC(C(=O)O)N(O)C(=O)CNC(C)P(C)(=O)O. The van der Waals surface area contributed by atoms with Crippen LogP contribution >= 0.6 is 7.37 Å². The van der Waals surface area contributed by atoms with Crippen molar-refractivity contribution >= 4 is 19.2 Å². The van der Waals surface area contributed by atoms with Gasteiger partial charge in [-0.1, -0.05) is 0 Å². The molecule has 0 fully saturated rings. The lowest BCUT2D eigenvalue weighted by Gasteiger charge is -2.21. The lowest BCUT2D eigenvalue weighted by Crippen LogP contribution is -2.46. The van der Waals surface area contributed by atoms with Gasteiger partial charge in [0, 0.05) is 6.66 Å². The molecule has 3 atom stereocenters. The third-order valence-electron chi connectivity index (χ3n) is 2.25. The maximum Gasteiger partial charge on any atom is 0.328 e. The number of rotatable bonds is 6. The summed E-state index contributed by atoms with van der Waals surface area (Å²) >= 11 is 0. The van der Waals surface area contributed by atoms with Crippen molar-refractivity contribution < 1.29 is 29.4 Å². The number of hydrogen-bond donors (Lipinski definition) is 4. The van der Waals surface area contributed by atoms with Gasteiger partial charge in [0.25, 0.3) is 5.91 Å². The fraction of sp³-hybridized carbons (Fsp3) is 0.750. The van der Waals surface area contributed by atoms with Crippen molar-refractivity contribution in [3.05, 3.63) is 0 Å². The number of carboxylic acid groups (broad SMARTS) is 1. The van der Waals surface area contributed by atoms with E-state index >= 15 is 0 Å². The van der Waals surface area contributed by atoms with Crippen LogP contribution < -0.4 is 5.32 Å². The van der Waals surface area contributed by atoms with Crippen molar-refractivity contribution in [2.75, 3.05) is 13.2 Å². The van der Waals surface area contributed by atoms with Gasteiger partial charge in [-0.2, -0.15) is 0 Å². The number of nitrogens with zero attached hydrogens (tertiary/aromatic N) is 1. The molecule has 1 amide bonds. The predicted octanol–water partition coefficient (Wildman–Crippen LogP) is -0.487. The van der Waals surface area contributed by atoms with Gasteiger partial charge in [0.1, 0.15) is 0 Å². The summed E-state index contributed by atoms with van der Waals surface area (Å²) in [6, 6.07) is -1.37. The van der Waals surface area contributed by atoms with Crippen LogP contribution in [0.2, 0.25) is 0 Å². The monoisotopic (exact) mass is 268 g/mol. The van der Waals surface area contributed by atoms with Crippen molar-refractivity contribution in [1.29, 1.82) is 0 Å². The zero-order valence-corrected chi connectivity index (χ0v) is 10.7. The minimum atomic E-state index is -3.37. The van der Waals surface area contributed by atoms with Crippen LogP contribution in [0.25, 0.3) is 0 Å². The Hall–Kier alpha value is -0.950. The van der Waals surface area contributed by atoms with E-state index < -0.39 is 37.6 Å². The maximum absolute atomic E-state index is 11.3. The summed E-state index contributed by atoms with van der Waals surface area (Å²) in [5, 5.41) is 20.3. The van der Waals surface area contributed by atoms with E-state index in [1.807, 2.05) is 0 Å². The number of carbonyl (C=O) groups is 2. The van der Waals surface area contributed by atoms with E-state index in [1.165, 1.54) is 6.92 Å². The van der Waals surface area contributed by atoms with Crippen LogP contribution in [0.1, 0.15) is 13.8 Å². The average Bonchev–Trinajstić information content (AvgIpc) is 2.21. The zero-order valence-electron chi connectivity index (χ0n) is 9.82. The summed E-state index contributed by atoms with van der Waals surface area (Å²) in [6.45, 7) is 3.26. The molecule has 0 aromatic carbocycles. The molecule has 3 unspecified atom stereocenters. The quantitative estimate of drug-likeness (QED) is 0.291. The Morgan fingerprint density at radius 3 is 2.24 bits per heavy atom. The van der Waals surface area contributed by atoms with Gasteiger partial charge in [0.2, 0.25) is 7.37 Å². The number of nitrogens with one attached hydrogen (secondary N) is 1. The van der Waals surface area contributed by atoms with Crippen LogP contribution in [0.3, 0.4) is 0 Å². The molecule has 0 aliphatic carbocycles. The number of carboxylic acids is 1. The number of aliphatic carboxylic acids is 1. The van der Waals surface area contributed by atoms with Crippen molar-refractivity contribution in [2.45, 2.75) is 25.7 Å². The Bertz CT molecular complexity index is 341. The number of carbonyl (C=O) groups excluding carboxylic acids is 1. The van der Waals surface area contributed by atoms with E-state index in [0.29, 0.717) is 0 Å². The lowest BCUT2D eigenvalue weighted by atomic mass is 10.3. The van der Waals surface area contributed by atoms with Crippen molar-refractivity contribution in [1.82, 2.24) is 10.4 Å². The molecule has 0 rings (SSSR count). The number of hydroxylamine groups is 2. The van der Waals surface area contributed by atoms with Gasteiger partial charge < -0.3 is 10.00 Å². The Kier molecular flexibility index (Phi) is 5.77. The highest BCUT2D eigenvalue weighted by molar-refractivity contribution is 7.57. The van der Waals surface area contributed by atoms with Gasteiger partial charge in [-0.25, -0.2) is 9.86 Å². The fourth-order valence-corrected chi connectivity index (χ4v) is 1.24. The summed E-state index contributed by atoms with van der Waals surface area (Å²) in [5.41, 5.74) is 0. The largest absolute Gasteiger partial charge is 0.480 e. The second-order valence-corrected chi connectivity index (χ2v) is 6.41. The van der Waals surface area contributed by atoms with Crippen LogP contribution in [0, 0.1) is 0 Å². The first-order chi connectivity index (χ1) is 7.57. The number of amides is 1. The first kappa shape index (κ1) is 16.1. The molecule has 0 spiro atoms. The standard InChI is InChI=1S/C8H17N2O6P/c1-5(8(12)13)10(14)7(11)4-9-6(2)17(3,15)16/h5-6,9,14H,4H2,1-3H3,(H,12,13)(H,15,16). The molecular weight excluding hydrogens is 251 g/mol. The highest BCUT2D eigenvalue weighted by Crippen LogP contribution is 2.39. The summed E-state index contributed by atoms with van der Waals surface area (Å²) in [4.78, 5) is 30.9. The fourth-order valence-electron chi connectivity index (χ4n) is 0.806. The van der Waals surface area contributed by atoms with Crippen LogP contribution in [0.15, 0.2) is 0 Å². The van der Waals surface area contributed by atoms with Crippen molar-refractivity contribution in [2.24, 2.45) is 0 Å². The van der Waals surface area contributed by atoms with Crippen molar-refractivity contribution in [3.8, 4) is 0 Å². The third-order valence-corrected chi connectivity index (χ3v) is 3.87. The highest BCUT2D eigenvalue weighted by Gasteiger charge is 2.26. The van der Waals surface area contributed by atoms with E-state index in [0.717, 1.165) is 13.6 Å². The van der Waals surface area contributed by atoms with Gasteiger partial charge in [-0.05, 0) is 13.8 Å². The molecule has 4 N–H and O–H groups in total. The topological polar surface area (TPSA) is 127 Å². The van der Waals surface area contributed by atoms with Crippen LogP contribution in [0.5, 0.6) is 0 Å². The third kappa shape index (κ3) is 5.27. The Balaban J connectivity index is 4.29. The summed E-state index contributed by atoms with van der Waals surface area (Å²) in [7, 11) is -3.37. The number of hydrogen-bond acceptors (Lipinski definition) is 5. The Labute approximate surface area is 98.6 Å². The molecule has 0 aliphatic rings. The molecule has 8 nitrogen and oxygen atoms in total. The molecule has 0 aliphatic heterocycles. The minimum Gasteiger partial charge on any atom is -0.480 e. The first-order valence-corrected chi connectivity index (χ1v) is 7.02. The molecule has 17 heavy (non-hydrogen) atoms. The van der Waals surface area contributed by atoms with Crippen molar-refractivity contribution in [3.63, 3.8) is 0 Å². The van der Waals surface area contributed by atoms with Crippen LogP contribution in [-0.2, 0) is 14.2 Å². The smallest absolute Gasteiger partial charge is 0.328 e. The Morgan fingerprint density at radius 2 is 1.88 bits per heavy atom. The van der Waals surface area contributed by atoms with Gasteiger partial charge in [0.15, 0.2) is 6.04 Å². The molecule has 0 saturated heterocycles. The molecule has 0 saturated carbocycles. The van der Waals surface area contributed by atoms with E-state index in [-0.39, 0.29) is 5.06 Å². The second kappa shape index (κ2) is 6.11. The van der Waals surface area contributed by atoms with Gasteiger partial charge >= 0.3 is 5.97 Å². The maximum atomic E-state index is 11.3. The zero-order chi connectivity index (χ0) is 13.8. The first-order valence-electron chi connectivity index (χ1n) is 4.84. The molecule has 0 radical (unpaired) electrons. The van der Waals surface area contributed by atoms with Crippen LogP contribution in [-0.4, -0.2) is 57.2 Å². The predicted molar refractivity (Wildman–Crippen MR) is 58.9 cm³/mol. The van der Waals surface area contributed by atoms with Gasteiger partial charge in [-0.15, -0.1) is 0 Å². The molecule has 100 valence electrons. The lowest BCUT2D eigenvalue weighted by molar-refractivity contribution is -0.183.